The van der Waals surface area contributed by atoms with E-state index in [-0.39, 0.29) is 38.0 Å². The Morgan fingerprint density at radius 1 is 0.313 bits per heavy atom. The standard InChI is InChI=1S/C61H100O6/c1-4-7-10-13-16-19-22-25-28-31-34-36-39-42-45-48-51-54-60(63)66-57-58(67-61(64)55-52-49-46-43-40-37-33-30-27-24-21-18-15-12-9-6-3)56-65-59(62)53-50-47-44-41-38-35-32-29-26-23-20-17-14-11-8-5-2/h9,12,16,18-19,21,25,27-28,30,34,36-37,40,42,45-46,49,58H,4-8,10-11,13-15,17,20,22-24,26,29,31-33,35,38-39,41,43-44,47-48,50-57H2,1-3H3/b12-9-,19-16-,21-18-,28-25-,30-27-,36-34-,40-37-,45-42-,49-46-. The van der Waals surface area contributed by atoms with Gasteiger partial charge in [-0.1, -0.05) is 239 Å². The van der Waals surface area contributed by atoms with Gasteiger partial charge in [-0.3, -0.25) is 14.4 Å². The van der Waals surface area contributed by atoms with E-state index in [2.05, 4.69) is 118 Å². The van der Waals surface area contributed by atoms with E-state index in [1.807, 2.05) is 12.2 Å². The van der Waals surface area contributed by atoms with Crippen LogP contribution in [0.1, 0.15) is 239 Å². The monoisotopic (exact) mass is 929 g/mol. The van der Waals surface area contributed by atoms with Gasteiger partial charge >= 0.3 is 17.9 Å². The van der Waals surface area contributed by atoms with Gasteiger partial charge in [-0.05, 0) is 89.9 Å². The maximum absolute atomic E-state index is 12.8. The maximum Gasteiger partial charge on any atom is 0.306 e. The molecule has 0 fully saturated rings. The van der Waals surface area contributed by atoms with Crippen molar-refractivity contribution < 1.29 is 28.6 Å². The lowest BCUT2D eigenvalue weighted by atomic mass is 10.0. The predicted octanol–water partition coefficient (Wildman–Crippen LogP) is 18.3. The average molecular weight is 929 g/mol. The molecule has 6 nitrogen and oxygen atoms in total. The van der Waals surface area contributed by atoms with Crippen LogP contribution in [0.3, 0.4) is 0 Å². The lowest BCUT2D eigenvalue weighted by molar-refractivity contribution is -0.166. The van der Waals surface area contributed by atoms with E-state index in [0.29, 0.717) is 19.3 Å². The first-order valence-corrected chi connectivity index (χ1v) is 27.4. The van der Waals surface area contributed by atoms with Crippen LogP contribution in [-0.4, -0.2) is 37.2 Å². The Kier molecular flexibility index (Phi) is 51.5. The van der Waals surface area contributed by atoms with Gasteiger partial charge in [-0.15, -0.1) is 0 Å². The van der Waals surface area contributed by atoms with Gasteiger partial charge in [0.05, 0.1) is 0 Å². The molecule has 0 saturated carbocycles. The van der Waals surface area contributed by atoms with Crippen molar-refractivity contribution in [3.8, 4) is 0 Å². The first kappa shape index (κ1) is 63.1. The number of ether oxygens (including phenoxy) is 3. The number of carbonyl (C=O) groups excluding carboxylic acids is 3. The highest BCUT2D eigenvalue weighted by Gasteiger charge is 2.19. The van der Waals surface area contributed by atoms with Gasteiger partial charge in [-0.2, -0.15) is 0 Å². The lowest BCUT2D eigenvalue weighted by Crippen LogP contribution is -2.30. The van der Waals surface area contributed by atoms with E-state index in [1.165, 1.54) is 109 Å². The van der Waals surface area contributed by atoms with Crippen LogP contribution >= 0.6 is 0 Å². The number of hydrogen-bond acceptors (Lipinski definition) is 6. The van der Waals surface area contributed by atoms with Crippen molar-refractivity contribution in [2.45, 2.75) is 245 Å². The predicted molar refractivity (Wildman–Crippen MR) is 288 cm³/mol. The van der Waals surface area contributed by atoms with Crippen molar-refractivity contribution in [1.29, 1.82) is 0 Å². The van der Waals surface area contributed by atoms with E-state index in [0.717, 1.165) is 77.0 Å². The fraction of sp³-hybridized carbons (Fsp3) is 0.656. The maximum atomic E-state index is 12.8. The Labute approximate surface area is 412 Å². The molecule has 67 heavy (non-hydrogen) atoms. The van der Waals surface area contributed by atoms with Crippen molar-refractivity contribution in [3.63, 3.8) is 0 Å². The first-order valence-electron chi connectivity index (χ1n) is 27.4. The normalized spacial score (nSPS) is 12.9. The minimum absolute atomic E-state index is 0.124. The number of esters is 3. The second-order valence-corrected chi connectivity index (χ2v) is 17.8. The van der Waals surface area contributed by atoms with Crippen LogP contribution in [0.15, 0.2) is 109 Å². The summed E-state index contributed by atoms with van der Waals surface area (Å²) in [5.74, 6) is -1.07. The van der Waals surface area contributed by atoms with Crippen LogP contribution in [0.5, 0.6) is 0 Å². The molecule has 0 aromatic rings. The zero-order chi connectivity index (χ0) is 48.6. The molecule has 0 bridgehead atoms. The minimum Gasteiger partial charge on any atom is -0.462 e. The summed E-state index contributed by atoms with van der Waals surface area (Å²) in [7, 11) is 0. The summed E-state index contributed by atoms with van der Waals surface area (Å²) in [4.78, 5) is 38.0. The molecule has 0 aliphatic rings. The second kappa shape index (κ2) is 54.7. The van der Waals surface area contributed by atoms with Crippen LogP contribution < -0.4 is 0 Å². The van der Waals surface area contributed by atoms with Gasteiger partial charge in [0.1, 0.15) is 13.2 Å². The summed E-state index contributed by atoms with van der Waals surface area (Å²) >= 11 is 0. The largest absolute Gasteiger partial charge is 0.462 e. The topological polar surface area (TPSA) is 78.9 Å². The van der Waals surface area contributed by atoms with Gasteiger partial charge in [0.25, 0.3) is 0 Å². The molecule has 0 aliphatic heterocycles. The SMILES string of the molecule is CC/C=C\C/C=C\C/C=C\C/C=C\C/C=C\CCC(=O)OC(COC(=O)CCC/C=C\C/C=C\C/C=C\C/C=C\CCCCC)COC(=O)CCCCCCCCCCCCCCCCCC. The van der Waals surface area contributed by atoms with Gasteiger partial charge in [0.15, 0.2) is 6.10 Å². The van der Waals surface area contributed by atoms with Crippen LogP contribution in [0.4, 0.5) is 0 Å². The molecule has 0 spiro atoms. The van der Waals surface area contributed by atoms with Crippen molar-refractivity contribution in [1.82, 2.24) is 0 Å². The Bertz CT molecular complexity index is 1390. The molecular formula is C61H100O6. The van der Waals surface area contributed by atoms with Gasteiger partial charge in [0.2, 0.25) is 0 Å². The van der Waals surface area contributed by atoms with Crippen LogP contribution in [-0.2, 0) is 28.6 Å². The average Bonchev–Trinajstić information content (AvgIpc) is 3.33. The number of carbonyl (C=O) groups is 3. The third kappa shape index (κ3) is 52.9. The van der Waals surface area contributed by atoms with Crippen LogP contribution in [0, 0.1) is 0 Å². The molecule has 0 aromatic heterocycles. The molecule has 0 rings (SSSR count). The molecule has 0 N–H and O–H groups in total. The highest BCUT2D eigenvalue weighted by molar-refractivity contribution is 5.71. The summed E-state index contributed by atoms with van der Waals surface area (Å²) < 4.78 is 16.7. The summed E-state index contributed by atoms with van der Waals surface area (Å²) in [6, 6.07) is 0. The van der Waals surface area contributed by atoms with Crippen LogP contribution in [0.2, 0.25) is 0 Å². The molecule has 0 aromatic carbocycles. The molecule has 0 amide bonds. The van der Waals surface area contributed by atoms with E-state index in [4.69, 9.17) is 14.2 Å². The van der Waals surface area contributed by atoms with Crippen molar-refractivity contribution in [2.75, 3.05) is 13.2 Å². The molecule has 0 radical (unpaired) electrons. The van der Waals surface area contributed by atoms with Crippen LogP contribution in [0.25, 0.3) is 0 Å². The molecule has 1 unspecified atom stereocenters. The zero-order valence-electron chi connectivity index (χ0n) is 43.4. The van der Waals surface area contributed by atoms with Crippen molar-refractivity contribution in [2.24, 2.45) is 0 Å². The molecule has 0 aliphatic carbocycles. The molecule has 0 heterocycles. The molecule has 0 saturated heterocycles. The summed E-state index contributed by atoms with van der Waals surface area (Å²) in [6.45, 7) is 6.39. The number of unbranched alkanes of at least 4 members (excludes halogenated alkanes) is 19. The van der Waals surface area contributed by atoms with Crippen molar-refractivity contribution in [3.05, 3.63) is 109 Å². The number of hydrogen-bond donors (Lipinski definition) is 0. The fourth-order valence-electron chi connectivity index (χ4n) is 7.19. The van der Waals surface area contributed by atoms with Gasteiger partial charge in [-0.25, -0.2) is 0 Å². The highest BCUT2D eigenvalue weighted by atomic mass is 16.6. The van der Waals surface area contributed by atoms with E-state index < -0.39 is 12.1 Å². The van der Waals surface area contributed by atoms with Gasteiger partial charge in [0, 0.05) is 19.3 Å². The Hall–Kier alpha value is -3.93. The van der Waals surface area contributed by atoms with E-state index >= 15 is 0 Å². The Morgan fingerprint density at radius 2 is 0.627 bits per heavy atom. The minimum atomic E-state index is -0.840. The van der Waals surface area contributed by atoms with Gasteiger partial charge < -0.3 is 14.2 Å². The molecular weight excluding hydrogens is 829 g/mol. The van der Waals surface area contributed by atoms with Crippen molar-refractivity contribution >= 4 is 17.9 Å². The molecule has 1 atom stereocenters. The number of allylic oxidation sites excluding steroid dienone is 18. The third-order valence-electron chi connectivity index (χ3n) is 11.3. The fourth-order valence-corrected chi connectivity index (χ4v) is 7.19. The third-order valence-corrected chi connectivity index (χ3v) is 11.3. The summed E-state index contributed by atoms with van der Waals surface area (Å²) in [5.41, 5.74) is 0. The Morgan fingerprint density at radius 3 is 1.03 bits per heavy atom. The molecule has 6 heteroatoms. The zero-order valence-corrected chi connectivity index (χ0v) is 43.4. The lowest BCUT2D eigenvalue weighted by Gasteiger charge is -2.18. The van der Waals surface area contributed by atoms with E-state index in [9.17, 15) is 14.4 Å². The first-order chi connectivity index (χ1) is 33.0. The Balaban J connectivity index is 4.57. The summed E-state index contributed by atoms with van der Waals surface area (Å²) in [5, 5.41) is 0. The van der Waals surface area contributed by atoms with E-state index in [1.54, 1.807) is 0 Å². The second-order valence-electron chi connectivity index (χ2n) is 17.8. The summed E-state index contributed by atoms with van der Waals surface area (Å²) in [6.07, 6.45) is 73.8. The quantitative estimate of drug-likeness (QED) is 0.0262. The molecule has 380 valence electrons. The smallest absolute Gasteiger partial charge is 0.306 e. The highest BCUT2D eigenvalue weighted by Crippen LogP contribution is 2.15. The number of rotatable bonds is 48.